The minimum atomic E-state index is -0.332. The second kappa shape index (κ2) is 6.60. The van der Waals surface area contributed by atoms with Crippen LogP contribution in [-0.2, 0) is 17.8 Å². The van der Waals surface area contributed by atoms with Gasteiger partial charge in [-0.15, -0.1) is 0 Å². The van der Waals surface area contributed by atoms with Crippen LogP contribution in [0.2, 0.25) is 0 Å². The van der Waals surface area contributed by atoms with E-state index in [1.165, 1.54) is 0 Å². The minimum absolute atomic E-state index is 0.0113. The fraction of sp³-hybridized carbons (Fsp3) is 0.600. The van der Waals surface area contributed by atoms with Crippen LogP contribution in [0.1, 0.15) is 23.6 Å². The summed E-state index contributed by atoms with van der Waals surface area (Å²) in [4.78, 5) is 0. The van der Waals surface area contributed by atoms with Gasteiger partial charge in [-0.05, 0) is 18.9 Å². The summed E-state index contributed by atoms with van der Waals surface area (Å²) in [5.74, 6) is 0. The van der Waals surface area contributed by atoms with Crippen LogP contribution in [0.5, 0.6) is 0 Å². The number of hydrogen-bond donors (Lipinski definition) is 2. The SMILES string of the molecule is COCCn1cc(CN[C@H]2C[C@@H](O)[C@@H]2n2cc(C)cn2)cn1. The Hall–Kier alpha value is -1.70. The molecular weight excluding hydrogens is 282 g/mol. The summed E-state index contributed by atoms with van der Waals surface area (Å²) in [5.41, 5.74) is 2.24. The molecule has 0 amide bonds. The highest BCUT2D eigenvalue weighted by Crippen LogP contribution is 2.32. The highest BCUT2D eigenvalue weighted by Gasteiger charge is 2.41. The van der Waals surface area contributed by atoms with Crippen LogP contribution in [0.25, 0.3) is 0 Å². The van der Waals surface area contributed by atoms with Gasteiger partial charge in [0.2, 0.25) is 0 Å². The van der Waals surface area contributed by atoms with Crippen molar-refractivity contribution >= 4 is 0 Å². The van der Waals surface area contributed by atoms with Crippen molar-refractivity contribution in [3.05, 3.63) is 35.9 Å². The van der Waals surface area contributed by atoms with Gasteiger partial charge >= 0.3 is 0 Å². The van der Waals surface area contributed by atoms with Crippen LogP contribution >= 0.6 is 0 Å². The number of aromatic nitrogens is 4. The van der Waals surface area contributed by atoms with Crippen LogP contribution < -0.4 is 5.32 Å². The molecule has 1 aliphatic rings. The largest absolute Gasteiger partial charge is 0.391 e. The van der Waals surface area contributed by atoms with Gasteiger partial charge in [0.1, 0.15) is 0 Å². The molecule has 0 bridgehead atoms. The predicted octanol–water partition coefficient (Wildman–Crippen LogP) is 0.499. The Labute approximate surface area is 129 Å². The highest BCUT2D eigenvalue weighted by atomic mass is 16.5. The van der Waals surface area contributed by atoms with E-state index in [1.807, 2.05) is 41.1 Å². The first kappa shape index (κ1) is 15.2. The molecule has 2 heterocycles. The van der Waals surface area contributed by atoms with Gasteiger partial charge in [-0.1, -0.05) is 0 Å². The van der Waals surface area contributed by atoms with Crippen molar-refractivity contribution in [2.75, 3.05) is 13.7 Å². The normalized spacial score (nSPS) is 24.4. The van der Waals surface area contributed by atoms with Gasteiger partial charge in [-0.2, -0.15) is 10.2 Å². The number of rotatable bonds is 7. The predicted molar refractivity (Wildman–Crippen MR) is 81.4 cm³/mol. The minimum Gasteiger partial charge on any atom is -0.391 e. The van der Waals surface area contributed by atoms with Crippen molar-refractivity contribution in [3.63, 3.8) is 0 Å². The third-order valence-electron chi connectivity index (χ3n) is 4.12. The van der Waals surface area contributed by atoms with Crippen LogP contribution in [0.15, 0.2) is 24.8 Å². The average Bonchev–Trinajstić information content (AvgIpc) is 3.10. The first-order valence-corrected chi connectivity index (χ1v) is 7.60. The monoisotopic (exact) mass is 305 g/mol. The Morgan fingerprint density at radius 3 is 2.91 bits per heavy atom. The van der Waals surface area contributed by atoms with Crippen molar-refractivity contribution in [1.82, 2.24) is 24.9 Å². The lowest BCUT2D eigenvalue weighted by atomic mass is 9.83. The Kier molecular flexibility index (Phi) is 4.56. The summed E-state index contributed by atoms with van der Waals surface area (Å²) < 4.78 is 8.79. The van der Waals surface area contributed by atoms with Gasteiger partial charge < -0.3 is 15.2 Å². The third kappa shape index (κ3) is 3.21. The van der Waals surface area contributed by atoms with Crippen molar-refractivity contribution in [1.29, 1.82) is 0 Å². The molecule has 1 fully saturated rings. The summed E-state index contributed by atoms with van der Waals surface area (Å²) in [6, 6.07) is 0.244. The van der Waals surface area contributed by atoms with Crippen molar-refractivity contribution in [2.45, 2.75) is 44.6 Å². The molecular formula is C15H23N5O2. The lowest BCUT2D eigenvalue weighted by molar-refractivity contribution is -0.00824. The molecule has 0 spiro atoms. The fourth-order valence-electron chi connectivity index (χ4n) is 2.83. The van der Waals surface area contributed by atoms with E-state index in [-0.39, 0.29) is 18.2 Å². The molecule has 0 radical (unpaired) electrons. The molecule has 3 rings (SSSR count). The summed E-state index contributed by atoms with van der Waals surface area (Å²) in [6.07, 6.45) is 8.11. The molecule has 7 heteroatoms. The molecule has 3 atom stereocenters. The Morgan fingerprint density at radius 2 is 2.23 bits per heavy atom. The number of nitrogens with zero attached hydrogens (tertiary/aromatic N) is 4. The molecule has 1 aliphatic carbocycles. The summed E-state index contributed by atoms with van der Waals surface area (Å²) in [6.45, 7) is 4.16. The molecule has 2 aromatic rings. The maximum absolute atomic E-state index is 10.0. The molecule has 2 N–H and O–H groups in total. The molecule has 0 aliphatic heterocycles. The number of hydrogen-bond acceptors (Lipinski definition) is 5. The standard InChI is InChI=1S/C15H23N5O2/c1-11-6-18-20(9-11)15-13(5-14(15)21)16-7-12-8-17-19(10-12)3-4-22-2/h6,8-10,13-16,21H,3-5,7H2,1-2H3/t13-,14+,15+/m0/s1. The summed E-state index contributed by atoms with van der Waals surface area (Å²) >= 11 is 0. The molecule has 0 unspecified atom stereocenters. The van der Waals surface area contributed by atoms with Crippen LogP contribution in [0.3, 0.4) is 0 Å². The highest BCUT2D eigenvalue weighted by molar-refractivity contribution is 5.08. The van der Waals surface area contributed by atoms with Gasteiger partial charge in [0, 0.05) is 37.7 Å². The van der Waals surface area contributed by atoms with Crippen molar-refractivity contribution < 1.29 is 9.84 Å². The summed E-state index contributed by atoms with van der Waals surface area (Å²) in [5, 5.41) is 22.1. The number of aryl methyl sites for hydroxylation is 1. The number of nitrogens with one attached hydrogen (secondary N) is 1. The second-order valence-corrected chi connectivity index (χ2v) is 5.88. The maximum Gasteiger partial charge on any atom is 0.0932 e. The zero-order chi connectivity index (χ0) is 15.5. The number of aliphatic hydroxyl groups is 1. The molecule has 1 saturated carbocycles. The topological polar surface area (TPSA) is 77.1 Å². The third-order valence-corrected chi connectivity index (χ3v) is 4.12. The molecule has 2 aromatic heterocycles. The summed E-state index contributed by atoms with van der Waals surface area (Å²) in [7, 11) is 1.69. The number of methoxy groups -OCH3 is 1. The van der Waals surface area contributed by atoms with Gasteiger partial charge in [0.05, 0.1) is 37.7 Å². The lowest BCUT2D eigenvalue weighted by Crippen LogP contribution is -2.54. The Bertz CT molecular complexity index is 609. The second-order valence-electron chi connectivity index (χ2n) is 5.88. The zero-order valence-corrected chi connectivity index (χ0v) is 13.0. The van der Waals surface area contributed by atoms with Gasteiger partial charge in [0.15, 0.2) is 0 Å². The quantitative estimate of drug-likeness (QED) is 0.779. The zero-order valence-electron chi connectivity index (χ0n) is 13.0. The van der Waals surface area contributed by atoms with Gasteiger partial charge in [0.25, 0.3) is 0 Å². The molecule has 0 aromatic carbocycles. The molecule has 0 saturated heterocycles. The molecule has 22 heavy (non-hydrogen) atoms. The van der Waals surface area contributed by atoms with E-state index in [0.29, 0.717) is 6.61 Å². The first-order valence-electron chi connectivity index (χ1n) is 7.60. The fourth-order valence-corrected chi connectivity index (χ4v) is 2.83. The van der Waals surface area contributed by atoms with Crippen LogP contribution in [0, 0.1) is 6.92 Å². The smallest absolute Gasteiger partial charge is 0.0932 e. The molecule has 7 nitrogen and oxygen atoms in total. The van der Waals surface area contributed by atoms with E-state index in [1.54, 1.807) is 7.11 Å². The lowest BCUT2D eigenvalue weighted by Gasteiger charge is -2.42. The van der Waals surface area contributed by atoms with Crippen LogP contribution in [-0.4, -0.2) is 50.5 Å². The van der Waals surface area contributed by atoms with Crippen molar-refractivity contribution in [3.8, 4) is 0 Å². The van der Waals surface area contributed by atoms with Crippen molar-refractivity contribution in [2.24, 2.45) is 0 Å². The Morgan fingerprint density at radius 1 is 1.36 bits per heavy atom. The van der Waals surface area contributed by atoms with E-state index in [9.17, 15) is 5.11 Å². The van der Waals surface area contributed by atoms with Crippen LogP contribution in [0.4, 0.5) is 0 Å². The van der Waals surface area contributed by atoms with E-state index in [4.69, 9.17) is 4.74 Å². The number of aliphatic hydroxyl groups excluding tert-OH is 1. The Balaban J connectivity index is 1.54. The van der Waals surface area contributed by atoms with Gasteiger partial charge in [-0.25, -0.2) is 0 Å². The van der Waals surface area contributed by atoms with E-state index in [2.05, 4.69) is 15.5 Å². The maximum atomic E-state index is 10.0. The first-order chi connectivity index (χ1) is 10.7. The average molecular weight is 305 g/mol. The van der Waals surface area contributed by atoms with E-state index < -0.39 is 0 Å². The molecule has 120 valence electrons. The van der Waals surface area contributed by atoms with E-state index >= 15 is 0 Å². The van der Waals surface area contributed by atoms with E-state index in [0.717, 1.165) is 30.6 Å². The number of ether oxygens (including phenoxy) is 1. The van der Waals surface area contributed by atoms with Gasteiger partial charge in [-0.3, -0.25) is 9.36 Å².